The molecule has 0 bridgehead atoms. The summed E-state index contributed by atoms with van der Waals surface area (Å²) in [6, 6.07) is 26.0. The summed E-state index contributed by atoms with van der Waals surface area (Å²) in [7, 11) is 0. The van der Waals surface area contributed by atoms with Gasteiger partial charge in [-0.1, -0.05) is 72.8 Å². The Morgan fingerprint density at radius 3 is 1.81 bits per heavy atom. The van der Waals surface area contributed by atoms with E-state index in [1.807, 2.05) is 48.5 Å². The van der Waals surface area contributed by atoms with E-state index >= 15 is 0 Å². The molecule has 2 heteroatoms. The molecule has 102 valence electrons. The minimum absolute atomic E-state index is 0.210. The Hall–Kier alpha value is -2.32. The molecule has 0 spiro atoms. The van der Waals surface area contributed by atoms with Crippen LogP contribution in [0.1, 0.15) is 10.4 Å². The predicted molar refractivity (Wildman–Crippen MR) is 90.6 cm³/mol. The first-order chi connectivity index (χ1) is 10.3. The molecule has 0 heterocycles. The van der Waals surface area contributed by atoms with Gasteiger partial charge in [0, 0.05) is 5.56 Å². The highest BCUT2D eigenvalue weighted by molar-refractivity contribution is 7.97. The average Bonchev–Trinajstić information content (AvgIpc) is 2.56. The van der Waals surface area contributed by atoms with Gasteiger partial charge in [0.2, 0.25) is 5.12 Å². The second-order valence-corrected chi connectivity index (χ2v) is 5.20. The smallest absolute Gasteiger partial charge is 0.216 e. The van der Waals surface area contributed by atoms with E-state index in [4.69, 9.17) is 0 Å². The highest BCUT2D eigenvalue weighted by Crippen LogP contribution is 2.27. The van der Waals surface area contributed by atoms with Gasteiger partial charge in [0.05, 0.1) is 0 Å². The molecule has 0 saturated carbocycles. The van der Waals surface area contributed by atoms with E-state index in [1.54, 1.807) is 6.07 Å². The SMILES string of the molecule is O=C(S)c1ccccc1-c1ccc(-c2ccccc2)cc1. The molecule has 0 radical (unpaired) electrons. The Labute approximate surface area is 129 Å². The third kappa shape index (κ3) is 2.91. The van der Waals surface area contributed by atoms with Crippen molar-refractivity contribution in [3.63, 3.8) is 0 Å². The molecule has 0 aliphatic heterocycles. The van der Waals surface area contributed by atoms with Crippen LogP contribution in [0.2, 0.25) is 0 Å². The Bertz CT molecular complexity index is 761. The first-order valence-corrected chi connectivity index (χ1v) is 7.18. The van der Waals surface area contributed by atoms with Gasteiger partial charge in [0.25, 0.3) is 0 Å². The maximum Gasteiger partial charge on any atom is 0.216 e. The fourth-order valence-electron chi connectivity index (χ4n) is 2.39. The minimum Gasteiger partial charge on any atom is -0.282 e. The molecule has 0 fully saturated rings. The van der Waals surface area contributed by atoms with Gasteiger partial charge in [0.1, 0.15) is 0 Å². The summed E-state index contributed by atoms with van der Waals surface area (Å²) < 4.78 is 0. The summed E-state index contributed by atoms with van der Waals surface area (Å²) in [6.07, 6.45) is 0. The van der Waals surface area contributed by atoms with Crippen molar-refractivity contribution in [1.29, 1.82) is 0 Å². The molecular weight excluding hydrogens is 276 g/mol. The number of rotatable bonds is 3. The van der Waals surface area contributed by atoms with E-state index < -0.39 is 0 Å². The van der Waals surface area contributed by atoms with Crippen LogP contribution in [0, 0.1) is 0 Å². The fraction of sp³-hybridized carbons (Fsp3) is 0. The molecular formula is C19H14OS. The molecule has 0 aliphatic rings. The third-order valence-corrected chi connectivity index (χ3v) is 3.70. The molecule has 0 atom stereocenters. The van der Waals surface area contributed by atoms with Crippen molar-refractivity contribution in [1.82, 2.24) is 0 Å². The summed E-state index contributed by atoms with van der Waals surface area (Å²) in [6.45, 7) is 0. The number of carbonyl (C=O) groups is 1. The average molecular weight is 290 g/mol. The van der Waals surface area contributed by atoms with Gasteiger partial charge in [-0.15, -0.1) is 12.6 Å². The van der Waals surface area contributed by atoms with Crippen molar-refractivity contribution in [2.75, 3.05) is 0 Å². The van der Waals surface area contributed by atoms with Gasteiger partial charge < -0.3 is 0 Å². The number of hydrogen-bond donors (Lipinski definition) is 1. The summed E-state index contributed by atoms with van der Waals surface area (Å²) >= 11 is 3.95. The molecule has 0 N–H and O–H groups in total. The molecule has 1 nitrogen and oxygen atoms in total. The van der Waals surface area contributed by atoms with Gasteiger partial charge in [-0.05, 0) is 28.3 Å². The first-order valence-electron chi connectivity index (χ1n) is 6.74. The summed E-state index contributed by atoms with van der Waals surface area (Å²) in [5.41, 5.74) is 4.91. The van der Waals surface area contributed by atoms with E-state index in [1.165, 1.54) is 5.56 Å². The Kier molecular flexibility index (Phi) is 3.89. The molecule has 3 rings (SSSR count). The van der Waals surface area contributed by atoms with Crippen LogP contribution in [0.5, 0.6) is 0 Å². The molecule has 0 aromatic heterocycles. The standard InChI is InChI=1S/C19H14OS/c20-19(21)18-9-5-4-8-17(18)16-12-10-15(11-13-16)14-6-2-1-3-7-14/h1-13H,(H,20,21). The van der Waals surface area contributed by atoms with Crippen LogP contribution < -0.4 is 0 Å². The summed E-state index contributed by atoms with van der Waals surface area (Å²) in [5, 5.41) is -0.210. The fourth-order valence-corrected chi connectivity index (χ4v) is 2.59. The van der Waals surface area contributed by atoms with Crippen LogP contribution in [-0.4, -0.2) is 5.12 Å². The molecule has 3 aromatic carbocycles. The molecule has 21 heavy (non-hydrogen) atoms. The van der Waals surface area contributed by atoms with Crippen LogP contribution in [-0.2, 0) is 0 Å². The first kappa shape index (κ1) is 13.7. The van der Waals surface area contributed by atoms with Crippen molar-refractivity contribution < 1.29 is 4.79 Å². The van der Waals surface area contributed by atoms with E-state index in [2.05, 4.69) is 36.9 Å². The number of thiol groups is 1. The lowest BCUT2D eigenvalue weighted by molar-refractivity contribution is 0.109. The zero-order valence-electron chi connectivity index (χ0n) is 11.4. The number of carbonyl (C=O) groups excluding carboxylic acids is 1. The van der Waals surface area contributed by atoms with Crippen LogP contribution in [0.3, 0.4) is 0 Å². The van der Waals surface area contributed by atoms with Crippen LogP contribution in [0.25, 0.3) is 22.3 Å². The van der Waals surface area contributed by atoms with E-state index in [0.717, 1.165) is 16.7 Å². The number of hydrogen-bond acceptors (Lipinski definition) is 1. The van der Waals surface area contributed by atoms with Crippen molar-refractivity contribution in [3.05, 3.63) is 84.4 Å². The Morgan fingerprint density at radius 2 is 1.14 bits per heavy atom. The van der Waals surface area contributed by atoms with Crippen LogP contribution >= 0.6 is 12.6 Å². The van der Waals surface area contributed by atoms with Gasteiger partial charge >= 0.3 is 0 Å². The van der Waals surface area contributed by atoms with Crippen LogP contribution in [0.15, 0.2) is 78.9 Å². The minimum atomic E-state index is -0.210. The monoisotopic (exact) mass is 290 g/mol. The predicted octanol–water partition coefficient (Wildman–Crippen LogP) is 5.09. The molecule has 0 aliphatic carbocycles. The maximum atomic E-state index is 11.6. The highest BCUT2D eigenvalue weighted by Gasteiger charge is 2.09. The lowest BCUT2D eigenvalue weighted by Crippen LogP contribution is -1.93. The third-order valence-electron chi connectivity index (χ3n) is 3.46. The summed E-state index contributed by atoms with van der Waals surface area (Å²) in [5.74, 6) is 0. The Balaban J connectivity index is 2.01. The molecule has 0 amide bonds. The number of benzene rings is 3. The largest absolute Gasteiger partial charge is 0.282 e. The molecule has 0 unspecified atom stereocenters. The second kappa shape index (κ2) is 5.98. The molecule has 3 aromatic rings. The van der Waals surface area contributed by atoms with Gasteiger partial charge in [-0.3, -0.25) is 4.79 Å². The van der Waals surface area contributed by atoms with Crippen molar-refractivity contribution >= 4 is 17.7 Å². The zero-order chi connectivity index (χ0) is 14.7. The van der Waals surface area contributed by atoms with Crippen LogP contribution in [0.4, 0.5) is 0 Å². The molecule has 0 saturated heterocycles. The highest BCUT2D eigenvalue weighted by atomic mass is 32.1. The topological polar surface area (TPSA) is 17.1 Å². The van der Waals surface area contributed by atoms with E-state index in [-0.39, 0.29) is 5.12 Å². The Morgan fingerprint density at radius 1 is 0.619 bits per heavy atom. The van der Waals surface area contributed by atoms with Crippen molar-refractivity contribution in [2.45, 2.75) is 0 Å². The zero-order valence-corrected chi connectivity index (χ0v) is 12.3. The van der Waals surface area contributed by atoms with Gasteiger partial charge in [0.15, 0.2) is 0 Å². The lowest BCUT2D eigenvalue weighted by Gasteiger charge is -2.08. The van der Waals surface area contributed by atoms with Gasteiger partial charge in [-0.25, -0.2) is 0 Å². The van der Waals surface area contributed by atoms with E-state index in [0.29, 0.717) is 5.56 Å². The van der Waals surface area contributed by atoms with Crippen molar-refractivity contribution in [2.24, 2.45) is 0 Å². The van der Waals surface area contributed by atoms with Gasteiger partial charge in [-0.2, -0.15) is 0 Å². The lowest BCUT2D eigenvalue weighted by atomic mass is 9.97. The second-order valence-electron chi connectivity index (χ2n) is 4.79. The summed E-state index contributed by atoms with van der Waals surface area (Å²) in [4.78, 5) is 11.6. The van der Waals surface area contributed by atoms with Crippen molar-refractivity contribution in [3.8, 4) is 22.3 Å². The van der Waals surface area contributed by atoms with E-state index in [9.17, 15) is 4.79 Å². The quantitative estimate of drug-likeness (QED) is 0.665. The normalized spacial score (nSPS) is 10.3. The maximum absolute atomic E-state index is 11.6.